The second kappa shape index (κ2) is 3.31. The third-order valence-electron chi connectivity index (χ3n) is 2.07. The third kappa shape index (κ3) is 2.11. The van der Waals surface area contributed by atoms with Gasteiger partial charge in [0.25, 0.3) is 0 Å². The number of dihydropyridines is 1. The Morgan fingerprint density at radius 3 is 2.67 bits per heavy atom. The highest BCUT2D eigenvalue weighted by molar-refractivity contribution is 5.32. The van der Waals surface area contributed by atoms with E-state index in [9.17, 15) is 0 Å². The lowest BCUT2D eigenvalue weighted by Gasteiger charge is -2.25. The molecule has 0 aliphatic carbocycles. The summed E-state index contributed by atoms with van der Waals surface area (Å²) in [5, 5.41) is 3.23. The normalized spacial score (nSPS) is 18.0. The van der Waals surface area contributed by atoms with E-state index in [1.165, 1.54) is 5.57 Å². The molecule has 68 valence electrons. The van der Waals surface area contributed by atoms with E-state index >= 15 is 0 Å². The molecule has 0 atom stereocenters. The second-order valence-electron chi connectivity index (χ2n) is 4.16. The van der Waals surface area contributed by atoms with Gasteiger partial charge in [0.1, 0.15) is 0 Å². The van der Waals surface area contributed by atoms with E-state index in [1.807, 2.05) is 0 Å². The van der Waals surface area contributed by atoms with Gasteiger partial charge in [-0.15, -0.1) is 0 Å². The molecule has 0 amide bonds. The quantitative estimate of drug-likeness (QED) is 0.618. The summed E-state index contributed by atoms with van der Waals surface area (Å²) in [6.07, 6.45) is 4.38. The molecule has 0 aromatic heterocycles. The first kappa shape index (κ1) is 9.33. The van der Waals surface area contributed by atoms with Crippen LogP contribution < -0.4 is 11.1 Å². The van der Waals surface area contributed by atoms with Crippen LogP contribution >= 0.6 is 0 Å². The Morgan fingerprint density at radius 2 is 2.17 bits per heavy atom. The zero-order chi connectivity index (χ0) is 9.19. The highest BCUT2D eigenvalue weighted by Gasteiger charge is 2.16. The van der Waals surface area contributed by atoms with Crippen molar-refractivity contribution in [2.75, 3.05) is 13.1 Å². The Balaban J connectivity index is 2.80. The predicted molar refractivity (Wildman–Crippen MR) is 52.7 cm³/mol. The standard InChI is InChI=1S/C10H18N2/c1-10(2,3)8-4-5-12-9(6-8)7-11/h4,6,12H,5,7,11H2,1-3H3. The molecule has 3 N–H and O–H groups in total. The molecule has 0 aromatic rings. The summed E-state index contributed by atoms with van der Waals surface area (Å²) in [5.41, 5.74) is 8.31. The van der Waals surface area contributed by atoms with Gasteiger partial charge in [0.05, 0.1) is 0 Å². The van der Waals surface area contributed by atoms with Crippen LogP contribution in [0.3, 0.4) is 0 Å². The number of hydrogen-bond donors (Lipinski definition) is 2. The summed E-state index contributed by atoms with van der Waals surface area (Å²) < 4.78 is 0. The number of hydrogen-bond acceptors (Lipinski definition) is 2. The molecule has 1 heterocycles. The van der Waals surface area contributed by atoms with E-state index in [4.69, 9.17) is 5.73 Å². The number of nitrogens with two attached hydrogens (primary N) is 1. The van der Waals surface area contributed by atoms with E-state index in [0.29, 0.717) is 6.54 Å². The molecule has 0 fully saturated rings. The Labute approximate surface area is 74.5 Å². The van der Waals surface area contributed by atoms with Gasteiger partial charge in [-0.2, -0.15) is 0 Å². The van der Waals surface area contributed by atoms with Crippen LogP contribution in [0.2, 0.25) is 0 Å². The summed E-state index contributed by atoms with van der Waals surface area (Å²) in [6.45, 7) is 8.17. The monoisotopic (exact) mass is 166 g/mol. The molecule has 1 rings (SSSR count). The van der Waals surface area contributed by atoms with Gasteiger partial charge in [-0.25, -0.2) is 0 Å². The van der Waals surface area contributed by atoms with Crippen molar-refractivity contribution in [3.05, 3.63) is 23.4 Å². The molecular weight excluding hydrogens is 148 g/mol. The fourth-order valence-electron chi connectivity index (χ4n) is 1.24. The summed E-state index contributed by atoms with van der Waals surface area (Å²) in [6, 6.07) is 0. The highest BCUT2D eigenvalue weighted by Crippen LogP contribution is 2.27. The minimum Gasteiger partial charge on any atom is -0.384 e. The molecule has 1 aliphatic rings. The molecule has 0 saturated heterocycles. The maximum atomic E-state index is 5.55. The minimum atomic E-state index is 0.239. The molecular formula is C10H18N2. The molecule has 0 spiro atoms. The molecule has 0 radical (unpaired) electrons. The zero-order valence-electron chi connectivity index (χ0n) is 8.15. The summed E-state index contributed by atoms with van der Waals surface area (Å²) in [4.78, 5) is 0. The lowest BCUT2D eigenvalue weighted by molar-refractivity contribution is 0.510. The highest BCUT2D eigenvalue weighted by atomic mass is 14.9. The fraction of sp³-hybridized carbons (Fsp3) is 0.600. The lowest BCUT2D eigenvalue weighted by Crippen LogP contribution is -2.25. The van der Waals surface area contributed by atoms with Crippen molar-refractivity contribution in [3.63, 3.8) is 0 Å². The summed E-state index contributed by atoms with van der Waals surface area (Å²) >= 11 is 0. The molecule has 12 heavy (non-hydrogen) atoms. The largest absolute Gasteiger partial charge is 0.384 e. The van der Waals surface area contributed by atoms with Gasteiger partial charge in [-0.3, -0.25) is 0 Å². The smallest absolute Gasteiger partial charge is 0.0334 e. The molecule has 2 nitrogen and oxygen atoms in total. The van der Waals surface area contributed by atoms with Crippen LogP contribution in [-0.4, -0.2) is 13.1 Å². The Bertz CT molecular complexity index is 218. The molecule has 1 aliphatic heterocycles. The fourth-order valence-corrected chi connectivity index (χ4v) is 1.24. The molecule has 2 heteroatoms. The lowest BCUT2D eigenvalue weighted by atomic mass is 9.84. The van der Waals surface area contributed by atoms with Gasteiger partial charge in [-0.05, 0) is 17.1 Å². The molecule has 0 bridgehead atoms. The van der Waals surface area contributed by atoms with Crippen molar-refractivity contribution in [3.8, 4) is 0 Å². The van der Waals surface area contributed by atoms with E-state index in [2.05, 4.69) is 38.2 Å². The van der Waals surface area contributed by atoms with Crippen LogP contribution in [0.1, 0.15) is 20.8 Å². The van der Waals surface area contributed by atoms with Gasteiger partial charge in [0.15, 0.2) is 0 Å². The average molecular weight is 166 g/mol. The van der Waals surface area contributed by atoms with Crippen molar-refractivity contribution in [1.82, 2.24) is 5.32 Å². The van der Waals surface area contributed by atoms with Crippen LogP contribution in [-0.2, 0) is 0 Å². The van der Waals surface area contributed by atoms with Crippen molar-refractivity contribution < 1.29 is 0 Å². The van der Waals surface area contributed by atoms with Gasteiger partial charge >= 0.3 is 0 Å². The second-order valence-corrected chi connectivity index (χ2v) is 4.16. The topological polar surface area (TPSA) is 38.0 Å². The first-order valence-corrected chi connectivity index (χ1v) is 4.39. The first-order chi connectivity index (χ1) is 5.54. The first-order valence-electron chi connectivity index (χ1n) is 4.39. The van der Waals surface area contributed by atoms with Gasteiger partial charge in [0, 0.05) is 18.8 Å². The predicted octanol–water partition coefficient (Wildman–Crippen LogP) is 1.40. The number of nitrogens with one attached hydrogen (secondary N) is 1. The van der Waals surface area contributed by atoms with E-state index in [-0.39, 0.29) is 5.41 Å². The Morgan fingerprint density at radius 1 is 1.50 bits per heavy atom. The van der Waals surface area contributed by atoms with Gasteiger partial charge in [0.2, 0.25) is 0 Å². The number of allylic oxidation sites excluding steroid dienone is 2. The maximum Gasteiger partial charge on any atom is 0.0334 e. The Hall–Kier alpha value is -0.760. The van der Waals surface area contributed by atoms with Crippen molar-refractivity contribution in [2.24, 2.45) is 11.1 Å². The van der Waals surface area contributed by atoms with E-state index in [0.717, 1.165) is 12.2 Å². The van der Waals surface area contributed by atoms with Crippen LogP contribution in [0.4, 0.5) is 0 Å². The SMILES string of the molecule is CC(C)(C)C1=CCNC(CN)=C1. The van der Waals surface area contributed by atoms with Gasteiger partial charge in [-0.1, -0.05) is 26.8 Å². The number of rotatable bonds is 1. The third-order valence-corrected chi connectivity index (χ3v) is 2.07. The van der Waals surface area contributed by atoms with Crippen LogP contribution in [0.15, 0.2) is 23.4 Å². The molecule has 0 saturated carbocycles. The maximum absolute atomic E-state index is 5.55. The zero-order valence-corrected chi connectivity index (χ0v) is 8.15. The molecule has 0 aromatic carbocycles. The average Bonchev–Trinajstić information content (AvgIpc) is 2.03. The van der Waals surface area contributed by atoms with E-state index in [1.54, 1.807) is 0 Å². The van der Waals surface area contributed by atoms with Gasteiger partial charge < -0.3 is 11.1 Å². The van der Waals surface area contributed by atoms with Crippen molar-refractivity contribution in [1.29, 1.82) is 0 Å². The minimum absolute atomic E-state index is 0.239. The van der Waals surface area contributed by atoms with Crippen LogP contribution in [0, 0.1) is 5.41 Å². The van der Waals surface area contributed by atoms with Crippen LogP contribution in [0.25, 0.3) is 0 Å². The Kier molecular flexibility index (Phi) is 2.58. The summed E-state index contributed by atoms with van der Waals surface area (Å²) in [5.74, 6) is 0. The molecule has 0 unspecified atom stereocenters. The van der Waals surface area contributed by atoms with Crippen molar-refractivity contribution >= 4 is 0 Å². The summed E-state index contributed by atoms with van der Waals surface area (Å²) in [7, 11) is 0. The van der Waals surface area contributed by atoms with E-state index < -0.39 is 0 Å². The van der Waals surface area contributed by atoms with Crippen molar-refractivity contribution in [2.45, 2.75) is 20.8 Å². The van der Waals surface area contributed by atoms with Crippen LogP contribution in [0.5, 0.6) is 0 Å².